The zero-order chi connectivity index (χ0) is 48.2. The van der Waals surface area contributed by atoms with E-state index in [4.69, 9.17) is 28.7 Å². The minimum atomic E-state index is -0.678. The molecule has 0 aliphatic heterocycles. The maximum absolute atomic E-state index is 14.0. The standard InChI is InChI=1S/C57H65NO10/c1-6-9-38-13-17-40(18-14-38)21-33-49(59)65-45-27-23-42(24-28-45)55(61)67-47-31-32-48(53-52(47)37(4)51(54(58-53)57(63)64-5)44-12-8-11-36(3)35-44)68-56(62)43-25-29-46(30-26-43)66-50(60)34-22-41-19-15-39(10-7-2)16-20-41/h8,11-20,31-32,35,42-43,45-46H,6-7,9-10,21-30,33-34H2,1-5H3. The lowest BCUT2D eigenvalue weighted by molar-refractivity contribution is -0.153. The number of aryl methyl sites for hydroxylation is 6. The van der Waals surface area contributed by atoms with E-state index in [1.165, 1.54) is 18.2 Å². The van der Waals surface area contributed by atoms with Crippen molar-refractivity contribution in [3.05, 3.63) is 124 Å². The third-order valence-corrected chi connectivity index (χ3v) is 13.4. The van der Waals surface area contributed by atoms with Gasteiger partial charge in [0.1, 0.15) is 23.5 Å². The maximum Gasteiger partial charge on any atom is 0.357 e. The molecule has 7 rings (SSSR count). The Balaban J connectivity index is 1.02. The van der Waals surface area contributed by atoms with Crippen molar-refractivity contribution >= 4 is 40.7 Å². The normalized spacial score (nSPS) is 18.1. The lowest BCUT2D eigenvalue weighted by atomic mass is 9.87. The van der Waals surface area contributed by atoms with Crippen LogP contribution < -0.4 is 9.47 Å². The molecule has 5 aromatic rings. The van der Waals surface area contributed by atoms with Crippen molar-refractivity contribution in [2.45, 2.75) is 143 Å². The Kier molecular flexibility index (Phi) is 17.2. The number of nitrogens with zero attached hydrogens (tertiary/aromatic N) is 1. The fourth-order valence-corrected chi connectivity index (χ4v) is 9.58. The van der Waals surface area contributed by atoms with Crippen molar-refractivity contribution in [2.75, 3.05) is 7.11 Å². The molecular weight excluding hydrogens is 859 g/mol. The Morgan fingerprint density at radius 2 is 1.03 bits per heavy atom. The largest absolute Gasteiger partial charge is 0.464 e. The quantitative estimate of drug-likeness (QED) is 0.0470. The first kappa shape index (κ1) is 49.5. The lowest BCUT2D eigenvalue weighted by Crippen LogP contribution is -2.30. The monoisotopic (exact) mass is 923 g/mol. The Hall–Kier alpha value is -6.36. The van der Waals surface area contributed by atoms with Crippen molar-refractivity contribution in [1.82, 2.24) is 4.98 Å². The molecule has 2 aliphatic rings. The second-order valence-electron chi connectivity index (χ2n) is 18.5. The topological polar surface area (TPSA) is 144 Å². The number of fused-ring (bicyclic) bond motifs is 1. The molecule has 0 bridgehead atoms. The molecule has 1 aromatic heterocycles. The molecule has 0 unspecified atom stereocenters. The van der Waals surface area contributed by atoms with Crippen molar-refractivity contribution in [3.63, 3.8) is 0 Å². The van der Waals surface area contributed by atoms with Crippen LogP contribution in [-0.4, -0.2) is 54.1 Å². The summed E-state index contributed by atoms with van der Waals surface area (Å²) in [5, 5.41) is 0.419. The second kappa shape index (κ2) is 23.6. The van der Waals surface area contributed by atoms with E-state index < -0.39 is 29.7 Å². The average Bonchev–Trinajstić information content (AvgIpc) is 3.34. The summed E-state index contributed by atoms with van der Waals surface area (Å²) >= 11 is 0. The SMILES string of the molecule is CCCc1ccc(CCC(=O)OC2CCC(C(=O)Oc3ccc(OC(=O)C4CCC(OC(=O)CCc5ccc(CCC)cc5)CC4)c4c(C)c(-c5cccc(C)c5)c(C(=O)OC)nc34)CC2)cc1. The summed E-state index contributed by atoms with van der Waals surface area (Å²) in [5.41, 5.74) is 7.73. The van der Waals surface area contributed by atoms with Gasteiger partial charge in [0.15, 0.2) is 11.4 Å². The van der Waals surface area contributed by atoms with Gasteiger partial charge in [-0.3, -0.25) is 19.2 Å². The Morgan fingerprint density at radius 3 is 1.49 bits per heavy atom. The highest BCUT2D eigenvalue weighted by Crippen LogP contribution is 2.42. The summed E-state index contributed by atoms with van der Waals surface area (Å²) in [7, 11) is 1.28. The van der Waals surface area contributed by atoms with Crippen LogP contribution in [0.4, 0.5) is 0 Å². The molecule has 11 heteroatoms. The van der Waals surface area contributed by atoms with E-state index in [0.717, 1.165) is 42.4 Å². The summed E-state index contributed by atoms with van der Waals surface area (Å²) in [4.78, 5) is 71.7. The fraction of sp³-hybridized carbons (Fsp3) is 0.439. The highest BCUT2D eigenvalue weighted by atomic mass is 16.6. The first-order valence-corrected chi connectivity index (χ1v) is 24.5. The summed E-state index contributed by atoms with van der Waals surface area (Å²) in [6.45, 7) is 8.08. The number of carbonyl (C=O) groups is 5. The molecule has 0 radical (unpaired) electrons. The highest BCUT2D eigenvalue weighted by molar-refractivity contribution is 6.05. The number of hydrogen-bond donors (Lipinski definition) is 0. The number of ether oxygens (including phenoxy) is 5. The van der Waals surface area contributed by atoms with Gasteiger partial charge in [0.25, 0.3) is 0 Å². The second-order valence-corrected chi connectivity index (χ2v) is 18.5. The number of carbonyl (C=O) groups excluding carboxylic acids is 5. The van der Waals surface area contributed by atoms with Crippen molar-refractivity contribution in [1.29, 1.82) is 0 Å². The predicted octanol–water partition coefficient (Wildman–Crippen LogP) is 11.5. The van der Waals surface area contributed by atoms with Gasteiger partial charge in [-0.25, -0.2) is 9.78 Å². The third-order valence-electron chi connectivity index (χ3n) is 13.4. The van der Waals surface area contributed by atoms with Crippen molar-refractivity contribution in [2.24, 2.45) is 11.8 Å². The van der Waals surface area contributed by atoms with E-state index in [9.17, 15) is 24.0 Å². The summed E-state index contributed by atoms with van der Waals surface area (Å²) < 4.78 is 29.2. The van der Waals surface area contributed by atoms with E-state index in [2.05, 4.69) is 62.4 Å². The van der Waals surface area contributed by atoms with Crippen LogP contribution >= 0.6 is 0 Å². The van der Waals surface area contributed by atoms with Gasteiger partial charge in [0, 0.05) is 18.4 Å². The molecule has 0 atom stereocenters. The van der Waals surface area contributed by atoms with Crippen LogP contribution in [0.5, 0.6) is 11.5 Å². The van der Waals surface area contributed by atoms with Crippen LogP contribution in [0.1, 0.15) is 135 Å². The number of rotatable bonds is 18. The van der Waals surface area contributed by atoms with E-state index in [1.807, 2.05) is 38.1 Å². The Labute approximate surface area is 400 Å². The minimum Gasteiger partial charge on any atom is -0.464 e. The fourth-order valence-electron chi connectivity index (χ4n) is 9.58. The summed E-state index contributed by atoms with van der Waals surface area (Å²) in [6, 6.07) is 27.5. The molecule has 4 aromatic carbocycles. The number of esters is 5. The molecule has 358 valence electrons. The zero-order valence-electron chi connectivity index (χ0n) is 40.2. The number of methoxy groups -OCH3 is 1. The molecule has 0 saturated heterocycles. The molecule has 0 spiro atoms. The average molecular weight is 924 g/mol. The van der Waals surface area contributed by atoms with Crippen LogP contribution in [0.3, 0.4) is 0 Å². The molecule has 11 nitrogen and oxygen atoms in total. The van der Waals surface area contributed by atoms with E-state index >= 15 is 0 Å². The summed E-state index contributed by atoms with van der Waals surface area (Å²) in [5.74, 6) is -2.64. The number of benzene rings is 4. The van der Waals surface area contributed by atoms with Gasteiger partial charge in [-0.05, 0) is 136 Å². The van der Waals surface area contributed by atoms with Crippen LogP contribution in [0.25, 0.3) is 22.0 Å². The van der Waals surface area contributed by atoms with Crippen LogP contribution in [0.15, 0.2) is 84.9 Å². The van der Waals surface area contributed by atoms with Crippen molar-refractivity contribution in [3.8, 4) is 22.6 Å². The molecule has 68 heavy (non-hydrogen) atoms. The molecular formula is C57H65NO10. The van der Waals surface area contributed by atoms with Crippen molar-refractivity contribution < 1.29 is 47.7 Å². The number of pyridine rings is 1. The molecule has 0 N–H and O–H groups in total. The first-order valence-electron chi connectivity index (χ1n) is 24.5. The molecule has 2 fully saturated rings. The Bertz CT molecular complexity index is 2570. The van der Waals surface area contributed by atoms with Crippen LogP contribution in [0.2, 0.25) is 0 Å². The van der Waals surface area contributed by atoms with Gasteiger partial charge in [-0.2, -0.15) is 0 Å². The van der Waals surface area contributed by atoms with E-state index in [1.54, 1.807) is 12.1 Å². The summed E-state index contributed by atoms with van der Waals surface area (Å²) in [6.07, 6.45) is 9.47. The third kappa shape index (κ3) is 12.8. The van der Waals surface area contributed by atoms with Gasteiger partial charge in [-0.15, -0.1) is 0 Å². The van der Waals surface area contributed by atoms with E-state index in [-0.39, 0.29) is 59.7 Å². The smallest absolute Gasteiger partial charge is 0.357 e. The lowest BCUT2D eigenvalue weighted by Gasteiger charge is -2.28. The predicted molar refractivity (Wildman–Crippen MR) is 260 cm³/mol. The minimum absolute atomic E-state index is 0.0254. The van der Waals surface area contributed by atoms with Gasteiger partial charge in [0.05, 0.1) is 24.3 Å². The molecule has 0 amide bonds. The molecule has 1 heterocycles. The Morgan fingerprint density at radius 1 is 0.574 bits per heavy atom. The molecule has 2 saturated carbocycles. The van der Waals surface area contributed by atoms with E-state index in [0.29, 0.717) is 86.3 Å². The van der Waals surface area contributed by atoms with Crippen LogP contribution in [0, 0.1) is 25.7 Å². The van der Waals surface area contributed by atoms with Gasteiger partial charge in [-0.1, -0.05) is 105 Å². The molecule has 2 aliphatic carbocycles. The maximum atomic E-state index is 14.0. The zero-order valence-corrected chi connectivity index (χ0v) is 40.2. The van der Waals surface area contributed by atoms with Crippen LogP contribution in [-0.2, 0) is 59.1 Å². The van der Waals surface area contributed by atoms with Gasteiger partial charge >= 0.3 is 29.8 Å². The number of hydrogen-bond acceptors (Lipinski definition) is 11. The first-order chi connectivity index (χ1) is 32.9. The van der Waals surface area contributed by atoms with Gasteiger partial charge < -0.3 is 23.7 Å². The number of aromatic nitrogens is 1. The van der Waals surface area contributed by atoms with Gasteiger partial charge in [0.2, 0.25) is 0 Å². The highest BCUT2D eigenvalue weighted by Gasteiger charge is 2.33.